The maximum atomic E-state index is 8.85. The molecule has 0 spiro atoms. The highest BCUT2D eigenvalue weighted by atomic mass is 16.3. The molecule has 27 heavy (non-hydrogen) atoms. The number of rotatable bonds is 6. The Morgan fingerprint density at radius 2 is 1.70 bits per heavy atom. The SMILES string of the molecule is Cc1c(-c2ccccc2)ccc2nc(-c3ccc(CNCCO)cc3)cn12. The van der Waals surface area contributed by atoms with Crippen LogP contribution in [0.1, 0.15) is 11.3 Å². The van der Waals surface area contributed by atoms with Crippen molar-refractivity contribution in [1.82, 2.24) is 14.7 Å². The maximum Gasteiger partial charge on any atom is 0.137 e. The average molecular weight is 357 g/mol. The summed E-state index contributed by atoms with van der Waals surface area (Å²) >= 11 is 0. The molecule has 0 saturated heterocycles. The fourth-order valence-corrected chi connectivity index (χ4v) is 3.36. The minimum atomic E-state index is 0.156. The molecular formula is C23H23N3O. The topological polar surface area (TPSA) is 49.6 Å². The third-order valence-electron chi connectivity index (χ3n) is 4.84. The lowest BCUT2D eigenvalue weighted by Crippen LogP contribution is -2.17. The molecule has 4 aromatic rings. The molecule has 4 heteroatoms. The van der Waals surface area contributed by atoms with Crippen LogP contribution >= 0.6 is 0 Å². The molecule has 0 saturated carbocycles. The summed E-state index contributed by atoms with van der Waals surface area (Å²) in [6.45, 7) is 3.66. The van der Waals surface area contributed by atoms with Gasteiger partial charge in [-0.3, -0.25) is 0 Å². The van der Waals surface area contributed by atoms with Crippen molar-refractivity contribution >= 4 is 5.65 Å². The Kier molecular flexibility index (Phi) is 5.01. The van der Waals surface area contributed by atoms with Gasteiger partial charge in [-0.15, -0.1) is 0 Å². The third-order valence-corrected chi connectivity index (χ3v) is 4.84. The van der Waals surface area contributed by atoms with Gasteiger partial charge in [0, 0.05) is 36.1 Å². The van der Waals surface area contributed by atoms with E-state index in [0.29, 0.717) is 6.54 Å². The molecule has 2 N–H and O–H groups in total. The minimum absolute atomic E-state index is 0.156. The molecule has 2 aromatic heterocycles. The fraction of sp³-hybridized carbons (Fsp3) is 0.174. The van der Waals surface area contributed by atoms with Gasteiger partial charge in [-0.05, 0) is 30.2 Å². The first kappa shape index (κ1) is 17.5. The minimum Gasteiger partial charge on any atom is -0.395 e. The molecule has 0 aliphatic rings. The van der Waals surface area contributed by atoms with Crippen LogP contribution in [0.25, 0.3) is 28.0 Å². The van der Waals surface area contributed by atoms with Crippen LogP contribution in [-0.2, 0) is 6.54 Å². The van der Waals surface area contributed by atoms with Crippen molar-refractivity contribution in [2.24, 2.45) is 0 Å². The fourth-order valence-electron chi connectivity index (χ4n) is 3.36. The molecule has 0 bridgehead atoms. The molecule has 0 atom stereocenters. The second-order valence-electron chi connectivity index (χ2n) is 6.65. The molecule has 4 rings (SSSR count). The van der Waals surface area contributed by atoms with Gasteiger partial charge in [-0.2, -0.15) is 0 Å². The van der Waals surface area contributed by atoms with Crippen molar-refractivity contribution in [3.63, 3.8) is 0 Å². The van der Waals surface area contributed by atoms with Gasteiger partial charge in [0.05, 0.1) is 12.3 Å². The van der Waals surface area contributed by atoms with E-state index in [-0.39, 0.29) is 6.61 Å². The Balaban J connectivity index is 1.65. The summed E-state index contributed by atoms with van der Waals surface area (Å²) in [5.74, 6) is 0. The normalized spacial score (nSPS) is 11.2. The number of aryl methyl sites for hydroxylation is 1. The molecule has 0 fully saturated rings. The van der Waals surface area contributed by atoms with E-state index in [9.17, 15) is 0 Å². The number of nitrogens with zero attached hydrogens (tertiary/aromatic N) is 2. The van der Waals surface area contributed by atoms with Gasteiger partial charge in [-0.25, -0.2) is 4.98 Å². The summed E-state index contributed by atoms with van der Waals surface area (Å²) in [5, 5.41) is 12.0. The summed E-state index contributed by atoms with van der Waals surface area (Å²) in [5.41, 5.74) is 7.84. The summed E-state index contributed by atoms with van der Waals surface area (Å²) in [6, 6.07) is 23.1. The van der Waals surface area contributed by atoms with Crippen molar-refractivity contribution in [1.29, 1.82) is 0 Å². The van der Waals surface area contributed by atoms with Crippen LogP contribution in [0.4, 0.5) is 0 Å². The lowest BCUT2D eigenvalue weighted by atomic mass is 10.0. The average Bonchev–Trinajstić information content (AvgIpc) is 3.15. The summed E-state index contributed by atoms with van der Waals surface area (Å²) in [7, 11) is 0. The van der Waals surface area contributed by atoms with Gasteiger partial charge in [-0.1, -0.05) is 54.6 Å². The number of pyridine rings is 1. The number of imidazole rings is 1. The molecule has 0 amide bonds. The molecule has 2 heterocycles. The molecule has 0 unspecified atom stereocenters. The number of benzene rings is 2. The number of hydrogen-bond donors (Lipinski definition) is 2. The lowest BCUT2D eigenvalue weighted by Gasteiger charge is -2.08. The van der Waals surface area contributed by atoms with Gasteiger partial charge in [0.2, 0.25) is 0 Å². The number of aromatic nitrogens is 2. The maximum absolute atomic E-state index is 8.85. The number of aliphatic hydroxyl groups is 1. The van der Waals surface area contributed by atoms with Crippen molar-refractivity contribution < 1.29 is 5.11 Å². The molecule has 0 radical (unpaired) electrons. The molecular weight excluding hydrogens is 334 g/mol. The van der Waals surface area contributed by atoms with Crippen LogP contribution in [0.15, 0.2) is 72.9 Å². The van der Waals surface area contributed by atoms with E-state index in [1.165, 1.54) is 22.4 Å². The van der Waals surface area contributed by atoms with Gasteiger partial charge in [0.1, 0.15) is 5.65 Å². The molecule has 2 aromatic carbocycles. The van der Waals surface area contributed by atoms with E-state index in [0.717, 1.165) is 23.4 Å². The monoisotopic (exact) mass is 357 g/mol. The Morgan fingerprint density at radius 1 is 0.926 bits per heavy atom. The number of nitrogens with one attached hydrogen (secondary N) is 1. The van der Waals surface area contributed by atoms with Gasteiger partial charge in [0.15, 0.2) is 0 Å². The van der Waals surface area contributed by atoms with E-state index in [1.807, 2.05) is 6.07 Å². The Hall–Kier alpha value is -2.95. The van der Waals surface area contributed by atoms with Crippen LogP contribution in [0.3, 0.4) is 0 Å². The van der Waals surface area contributed by atoms with Crippen molar-refractivity contribution in [3.8, 4) is 22.4 Å². The van der Waals surface area contributed by atoms with Crippen molar-refractivity contribution in [2.75, 3.05) is 13.2 Å². The Bertz CT molecular complexity index is 1040. The zero-order valence-corrected chi connectivity index (χ0v) is 15.4. The number of hydrogen-bond acceptors (Lipinski definition) is 3. The molecule has 136 valence electrons. The van der Waals surface area contributed by atoms with E-state index in [4.69, 9.17) is 10.1 Å². The summed E-state index contributed by atoms with van der Waals surface area (Å²) < 4.78 is 2.16. The summed E-state index contributed by atoms with van der Waals surface area (Å²) in [6.07, 6.45) is 2.11. The Labute approximate surface area is 159 Å². The Morgan fingerprint density at radius 3 is 2.44 bits per heavy atom. The second-order valence-corrected chi connectivity index (χ2v) is 6.65. The van der Waals surface area contributed by atoms with Crippen molar-refractivity contribution in [3.05, 3.63) is 84.2 Å². The quantitative estimate of drug-likeness (QED) is 0.512. The highest BCUT2D eigenvalue weighted by molar-refractivity contribution is 5.70. The largest absolute Gasteiger partial charge is 0.395 e. The number of fused-ring (bicyclic) bond motifs is 1. The van der Waals surface area contributed by atoms with Crippen LogP contribution in [0.2, 0.25) is 0 Å². The van der Waals surface area contributed by atoms with Crippen molar-refractivity contribution in [2.45, 2.75) is 13.5 Å². The first-order valence-corrected chi connectivity index (χ1v) is 9.21. The first-order valence-electron chi connectivity index (χ1n) is 9.21. The second kappa shape index (κ2) is 7.74. The molecule has 4 nitrogen and oxygen atoms in total. The molecule has 0 aliphatic carbocycles. The predicted molar refractivity (Wildman–Crippen MR) is 110 cm³/mol. The molecule has 0 aliphatic heterocycles. The highest BCUT2D eigenvalue weighted by Gasteiger charge is 2.10. The van der Waals surface area contributed by atoms with Crippen LogP contribution in [-0.4, -0.2) is 27.6 Å². The van der Waals surface area contributed by atoms with Crippen LogP contribution in [0.5, 0.6) is 0 Å². The number of aliphatic hydroxyl groups excluding tert-OH is 1. The van der Waals surface area contributed by atoms with Gasteiger partial charge >= 0.3 is 0 Å². The third kappa shape index (κ3) is 3.63. The van der Waals surface area contributed by atoms with E-state index >= 15 is 0 Å². The van der Waals surface area contributed by atoms with Gasteiger partial charge < -0.3 is 14.8 Å². The smallest absolute Gasteiger partial charge is 0.137 e. The van der Waals surface area contributed by atoms with E-state index in [2.05, 4.69) is 83.5 Å². The highest BCUT2D eigenvalue weighted by Crippen LogP contribution is 2.27. The standard InChI is InChI=1S/C23H23N3O/c1-17-21(19-5-3-2-4-6-19)11-12-23-25-22(16-26(17)23)20-9-7-18(8-10-20)15-24-13-14-27/h2-12,16,24,27H,13-15H2,1H3. The van der Waals surface area contributed by atoms with E-state index in [1.54, 1.807) is 0 Å². The van der Waals surface area contributed by atoms with E-state index < -0.39 is 0 Å². The first-order chi connectivity index (χ1) is 13.3. The summed E-state index contributed by atoms with van der Waals surface area (Å²) in [4.78, 5) is 4.80. The lowest BCUT2D eigenvalue weighted by molar-refractivity contribution is 0.292. The predicted octanol–water partition coefficient (Wildman–Crippen LogP) is 4.06. The zero-order chi connectivity index (χ0) is 18.6. The van der Waals surface area contributed by atoms with Crippen LogP contribution < -0.4 is 5.32 Å². The van der Waals surface area contributed by atoms with Gasteiger partial charge in [0.25, 0.3) is 0 Å². The zero-order valence-electron chi connectivity index (χ0n) is 15.4. The van der Waals surface area contributed by atoms with Crippen LogP contribution in [0, 0.1) is 6.92 Å².